The molecule has 1 aliphatic carbocycles. The predicted octanol–water partition coefficient (Wildman–Crippen LogP) is 9.60. The van der Waals surface area contributed by atoms with Crippen LogP contribution in [-0.2, 0) is 24.6 Å². The van der Waals surface area contributed by atoms with Crippen molar-refractivity contribution in [2.24, 2.45) is 5.41 Å². The summed E-state index contributed by atoms with van der Waals surface area (Å²) in [5, 5.41) is 3.77. The van der Waals surface area contributed by atoms with Crippen molar-refractivity contribution in [3.05, 3.63) is 119 Å². The molecular formula is C47H54ClF3IN5O6S3. The maximum Gasteiger partial charge on any atom is 0.501 e. The van der Waals surface area contributed by atoms with Gasteiger partial charge in [0.05, 0.1) is 27.3 Å². The van der Waals surface area contributed by atoms with Gasteiger partial charge in [-0.3, -0.25) is 14.6 Å². The van der Waals surface area contributed by atoms with Gasteiger partial charge in [-0.2, -0.15) is 13.2 Å². The predicted molar refractivity (Wildman–Crippen MR) is 265 cm³/mol. The summed E-state index contributed by atoms with van der Waals surface area (Å²) in [4.78, 5) is 19.0. The highest BCUT2D eigenvalue weighted by Crippen LogP contribution is 2.43. The number of morpholine rings is 1. The molecule has 0 aromatic heterocycles. The van der Waals surface area contributed by atoms with Crippen molar-refractivity contribution in [2.45, 2.75) is 63.3 Å². The third-order valence-electron chi connectivity index (χ3n) is 12.2. The molecule has 2 aliphatic heterocycles. The second kappa shape index (κ2) is 21.1. The molecule has 2 saturated heterocycles. The van der Waals surface area contributed by atoms with Crippen molar-refractivity contribution in [3.8, 4) is 0 Å². The highest BCUT2D eigenvalue weighted by Gasteiger charge is 2.49. The molecule has 1 unspecified atom stereocenters. The van der Waals surface area contributed by atoms with Gasteiger partial charge in [-0.15, -0.1) is 11.8 Å². The molecule has 4 aromatic carbocycles. The zero-order valence-corrected chi connectivity index (χ0v) is 42.1. The number of allylic oxidation sites excluding steroid dienone is 1. The lowest BCUT2D eigenvalue weighted by atomic mass is 9.73. The van der Waals surface area contributed by atoms with Crippen LogP contribution in [0, 0.1) is 5.41 Å². The Bertz CT molecular complexity index is 2590. The standard InChI is InChI=1S/C47H54ClF3IN5O6S3/c1-45(2)19-18-41(34-8-12-37(48)13-9-34)36(31-45)32-56-22-24-57(25-23-56)38-14-10-35(11-15-38)44(58)54-66(61,62)40-16-17-42(43(30-40)65(59,60)47(49,50)51)53-46(52,20-21-55-26-28-63-29-27-55)33-64-39-6-4-3-5-7-39/h3-17,30,53H,18-29,31-33H2,1-2H3,(H,54,58). The van der Waals surface area contributed by atoms with E-state index in [-0.39, 0.29) is 11.0 Å². The van der Waals surface area contributed by atoms with Crippen LogP contribution in [0.25, 0.3) is 5.57 Å². The zero-order chi connectivity index (χ0) is 47.3. The molecule has 0 radical (unpaired) electrons. The Morgan fingerprint density at radius 2 is 1.53 bits per heavy atom. The second-order valence-electron chi connectivity index (χ2n) is 17.7. The molecule has 2 N–H and O–H groups in total. The summed E-state index contributed by atoms with van der Waals surface area (Å²) in [7, 11) is -10.9. The molecule has 2 fully saturated rings. The minimum absolute atomic E-state index is 0.00477. The van der Waals surface area contributed by atoms with Crippen LogP contribution in [0.5, 0.6) is 0 Å². The summed E-state index contributed by atoms with van der Waals surface area (Å²) in [5.41, 5.74) is -1.06. The Labute approximate surface area is 409 Å². The van der Waals surface area contributed by atoms with E-state index < -0.39 is 50.3 Å². The Morgan fingerprint density at radius 1 is 0.864 bits per heavy atom. The van der Waals surface area contributed by atoms with Crippen molar-refractivity contribution >= 4 is 88.7 Å². The number of alkyl halides is 4. The molecule has 1 atom stereocenters. The number of halogens is 5. The lowest BCUT2D eigenvalue weighted by Crippen LogP contribution is -2.47. The maximum atomic E-state index is 14.3. The number of nitrogens with one attached hydrogen (secondary N) is 2. The number of ether oxygens (including phenoxy) is 1. The first-order chi connectivity index (χ1) is 31.2. The molecule has 0 saturated carbocycles. The van der Waals surface area contributed by atoms with E-state index in [9.17, 15) is 34.8 Å². The Hall–Kier alpha value is -3.37. The van der Waals surface area contributed by atoms with E-state index in [1.54, 1.807) is 12.1 Å². The monoisotopic (exact) mass is 1100 g/mol. The van der Waals surface area contributed by atoms with Crippen LogP contribution in [0.15, 0.2) is 117 Å². The summed E-state index contributed by atoms with van der Waals surface area (Å²) in [6, 6.07) is 26.3. The van der Waals surface area contributed by atoms with E-state index in [2.05, 4.69) is 68.6 Å². The Kier molecular flexibility index (Phi) is 16.1. The number of hydrogen-bond acceptors (Lipinski definition) is 11. The number of anilines is 2. The van der Waals surface area contributed by atoms with Gasteiger partial charge >= 0.3 is 5.51 Å². The Balaban J connectivity index is 1.03. The molecule has 0 bridgehead atoms. The lowest BCUT2D eigenvalue weighted by Gasteiger charge is -2.39. The number of nitrogens with zero attached hydrogens (tertiary/aromatic N) is 3. The average molecular weight is 1100 g/mol. The molecule has 7 rings (SSSR count). The van der Waals surface area contributed by atoms with Crippen LogP contribution >= 0.6 is 46.0 Å². The summed E-state index contributed by atoms with van der Waals surface area (Å²) in [6.07, 6.45) is 3.55. The van der Waals surface area contributed by atoms with Crippen molar-refractivity contribution in [1.29, 1.82) is 0 Å². The average Bonchev–Trinajstić information content (AvgIpc) is 3.28. The summed E-state index contributed by atoms with van der Waals surface area (Å²) >= 11 is 9.73. The number of thioether (sulfide) groups is 1. The van der Waals surface area contributed by atoms with Crippen molar-refractivity contribution in [1.82, 2.24) is 14.5 Å². The molecule has 0 spiro atoms. The van der Waals surface area contributed by atoms with E-state index in [0.29, 0.717) is 56.1 Å². The quantitative estimate of drug-likeness (QED) is 0.0482. The van der Waals surface area contributed by atoms with E-state index in [1.165, 1.54) is 40.6 Å². The summed E-state index contributed by atoms with van der Waals surface area (Å²) < 4.78 is 103. The van der Waals surface area contributed by atoms with Gasteiger partial charge < -0.3 is 15.0 Å². The first-order valence-electron chi connectivity index (χ1n) is 21.7. The van der Waals surface area contributed by atoms with Crippen molar-refractivity contribution in [2.75, 3.05) is 81.5 Å². The van der Waals surface area contributed by atoms with Crippen LogP contribution in [0.4, 0.5) is 24.5 Å². The molecule has 19 heteroatoms. The maximum absolute atomic E-state index is 14.3. The lowest BCUT2D eigenvalue weighted by molar-refractivity contribution is -0.0435. The number of amides is 1. The van der Waals surface area contributed by atoms with Gasteiger partial charge in [-0.25, -0.2) is 21.6 Å². The first-order valence-corrected chi connectivity index (χ1v) is 27.1. The molecular weight excluding hydrogens is 1050 g/mol. The zero-order valence-electron chi connectivity index (χ0n) is 36.7. The number of rotatable bonds is 16. The number of piperazine rings is 1. The normalized spacial score (nSPS) is 18.7. The first kappa shape index (κ1) is 50.5. The number of carbonyl (C=O) groups is 1. The van der Waals surface area contributed by atoms with Crippen LogP contribution in [0.2, 0.25) is 5.02 Å². The fourth-order valence-electron chi connectivity index (χ4n) is 8.47. The summed E-state index contributed by atoms with van der Waals surface area (Å²) in [5.74, 6) is -0.705. The topological polar surface area (TPSA) is 128 Å². The molecule has 1 amide bonds. The molecule has 4 aromatic rings. The number of benzene rings is 4. The number of sulfonamides is 1. The fourth-order valence-corrected chi connectivity index (χ4v) is 12.6. The van der Waals surface area contributed by atoms with Gasteiger partial charge in [0.25, 0.3) is 25.8 Å². The number of sulfone groups is 1. The van der Waals surface area contributed by atoms with Crippen LogP contribution < -0.4 is 14.9 Å². The Morgan fingerprint density at radius 3 is 2.18 bits per heavy atom. The highest BCUT2D eigenvalue weighted by molar-refractivity contribution is 14.1. The second-order valence-corrected chi connectivity index (χ2v) is 24.8. The number of carbonyl (C=O) groups excluding carboxylic acids is 1. The van der Waals surface area contributed by atoms with Gasteiger partial charge in [-0.05, 0) is 109 Å². The van der Waals surface area contributed by atoms with Gasteiger partial charge in [0.2, 0.25) is 0 Å². The van der Waals surface area contributed by atoms with Crippen LogP contribution in [-0.4, -0.2) is 113 Å². The van der Waals surface area contributed by atoms with Crippen molar-refractivity contribution < 1.29 is 39.5 Å². The SMILES string of the molecule is CC1(C)CCC(c2ccc(Cl)cc2)=C(CN2CCN(c3ccc(C(=O)NS(=O)(=O)c4ccc(NC(I)(CCN5CCOCC5)CSc5ccccc5)c(S(=O)(=O)C(F)(F)F)c4)cc3)CC2)C1. The summed E-state index contributed by atoms with van der Waals surface area (Å²) in [6.45, 7) is 11.6. The van der Waals surface area contributed by atoms with Gasteiger partial charge in [0, 0.05) is 79.3 Å². The van der Waals surface area contributed by atoms with Crippen LogP contribution in [0.3, 0.4) is 0 Å². The van der Waals surface area contributed by atoms with Gasteiger partial charge in [-0.1, -0.05) is 83.9 Å². The van der Waals surface area contributed by atoms with Gasteiger partial charge in [0.1, 0.15) is 4.90 Å². The minimum Gasteiger partial charge on any atom is -0.379 e. The molecule has 11 nitrogen and oxygen atoms in total. The number of hydrogen-bond donors (Lipinski definition) is 2. The molecule has 3 aliphatic rings. The third-order valence-corrected chi connectivity index (χ3v) is 18.3. The van der Waals surface area contributed by atoms with Crippen LogP contribution in [0.1, 0.15) is 55.5 Å². The smallest absolute Gasteiger partial charge is 0.379 e. The molecule has 2 heterocycles. The van der Waals surface area contributed by atoms with E-state index in [1.807, 2.05) is 47.2 Å². The van der Waals surface area contributed by atoms with E-state index in [0.717, 1.165) is 74.7 Å². The minimum atomic E-state index is -6.08. The highest BCUT2D eigenvalue weighted by atomic mass is 127. The van der Waals surface area contributed by atoms with E-state index >= 15 is 0 Å². The van der Waals surface area contributed by atoms with Crippen molar-refractivity contribution in [3.63, 3.8) is 0 Å². The third kappa shape index (κ3) is 12.8. The largest absolute Gasteiger partial charge is 0.501 e. The molecule has 356 valence electrons. The fraction of sp³-hybridized carbons (Fsp3) is 0.426. The van der Waals surface area contributed by atoms with Gasteiger partial charge in [0.15, 0.2) is 0 Å². The molecule has 66 heavy (non-hydrogen) atoms. The van der Waals surface area contributed by atoms with E-state index in [4.69, 9.17) is 16.3 Å².